The number of hydrogen-bond acceptors (Lipinski definition) is 4. The lowest BCUT2D eigenvalue weighted by molar-refractivity contribution is -0.384. The van der Waals surface area contributed by atoms with Crippen LogP contribution in [0, 0.1) is 10.1 Å². The van der Waals surface area contributed by atoms with Crippen LogP contribution in [0.2, 0.25) is 0 Å². The summed E-state index contributed by atoms with van der Waals surface area (Å²) in [6, 6.07) is 6.11. The number of amides is 1. The zero-order valence-electron chi connectivity index (χ0n) is 10.4. The molecule has 1 atom stereocenters. The number of rotatable bonds is 3. The van der Waals surface area contributed by atoms with Crippen molar-refractivity contribution in [2.24, 2.45) is 5.73 Å². The molecule has 1 aliphatic rings. The molecule has 2 N–H and O–H groups in total. The molecule has 2 rings (SSSR count). The highest BCUT2D eigenvalue weighted by atomic mass is 16.6. The Morgan fingerprint density at radius 3 is 2.63 bits per heavy atom. The molecule has 1 saturated heterocycles. The van der Waals surface area contributed by atoms with Crippen LogP contribution in [-0.4, -0.2) is 34.9 Å². The van der Waals surface area contributed by atoms with Gasteiger partial charge >= 0.3 is 0 Å². The third-order valence-electron chi connectivity index (χ3n) is 3.06. The van der Waals surface area contributed by atoms with Gasteiger partial charge < -0.3 is 10.6 Å². The van der Waals surface area contributed by atoms with E-state index in [4.69, 9.17) is 5.73 Å². The summed E-state index contributed by atoms with van der Waals surface area (Å²) in [6.07, 6.45) is 3.95. The Bertz CT molecular complexity index is 510. The van der Waals surface area contributed by atoms with Crippen LogP contribution in [0.3, 0.4) is 0 Å². The summed E-state index contributed by atoms with van der Waals surface area (Å²) in [5, 5.41) is 10.5. The monoisotopic (exact) mass is 261 g/mol. The van der Waals surface area contributed by atoms with E-state index in [0.717, 1.165) is 12.0 Å². The molecule has 0 unspecified atom stereocenters. The maximum atomic E-state index is 11.8. The number of benzene rings is 1. The fourth-order valence-electron chi connectivity index (χ4n) is 1.97. The molecule has 1 heterocycles. The van der Waals surface area contributed by atoms with Gasteiger partial charge in [-0.1, -0.05) is 0 Å². The third kappa shape index (κ3) is 3.38. The van der Waals surface area contributed by atoms with Crippen LogP contribution in [0.4, 0.5) is 5.69 Å². The zero-order chi connectivity index (χ0) is 13.8. The fourth-order valence-corrected chi connectivity index (χ4v) is 1.97. The van der Waals surface area contributed by atoms with Crippen LogP contribution < -0.4 is 5.73 Å². The number of carbonyl (C=O) groups excluding carboxylic acids is 1. The van der Waals surface area contributed by atoms with E-state index >= 15 is 0 Å². The molecule has 0 spiro atoms. The van der Waals surface area contributed by atoms with Crippen molar-refractivity contribution >= 4 is 17.7 Å². The Hall–Kier alpha value is -2.21. The second-order valence-corrected chi connectivity index (χ2v) is 4.51. The summed E-state index contributed by atoms with van der Waals surface area (Å²) in [7, 11) is 0. The molecule has 0 bridgehead atoms. The summed E-state index contributed by atoms with van der Waals surface area (Å²) in [5.41, 5.74) is 6.52. The molecule has 1 aliphatic heterocycles. The van der Waals surface area contributed by atoms with E-state index < -0.39 is 4.92 Å². The Labute approximate surface area is 110 Å². The van der Waals surface area contributed by atoms with E-state index in [1.165, 1.54) is 18.2 Å². The highest BCUT2D eigenvalue weighted by Gasteiger charge is 2.21. The molecular formula is C13H15N3O3. The SMILES string of the molecule is N[C@@H]1CCN(C(=O)/C=C/c2ccc([N+](=O)[O-])cc2)C1. The van der Waals surface area contributed by atoms with E-state index in [-0.39, 0.29) is 17.6 Å². The molecule has 0 aromatic heterocycles. The van der Waals surface area contributed by atoms with Crippen LogP contribution in [-0.2, 0) is 4.79 Å². The standard InChI is InChI=1S/C13H15N3O3/c14-11-7-8-15(9-11)13(17)6-3-10-1-4-12(5-2-10)16(18)19/h1-6,11H,7-9,14H2/b6-3+/t11-/m1/s1. The minimum atomic E-state index is -0.454. The minimum absolute atomic E-state index is 0.0361. The molecule has 6 heteroatoms. The van der Waals surface area contributed by atoms with E-state index in [2.05, 4.69) is 0 Å². The molecule has 1 amide bonds. The lowest BCUT2D eigenvalue weighted by Crippen LogP contribution is -2.30. The van der Waals surface area contributed by atoms with Crippen LogP contribution in [0.5, 0.6) is 0 Å². The normalized spacial score (nSPS) is 19.0. The second-order valence-electron chi connectivity index (χ2n) is 4.51. The lowest BCUT2D eigenvalue weighted by Gasteiger charge is -2.12. The van der Waals surface area contributed by atoms with Crippen molar-refractivity contribution < 1.29 is 9.72 Å². The van der Waals surface area contributed by atoms with Crippen molar-refractivity contribution in [3.8, 4) is 0 Å². The summed E-state index contributed by atoms with van der Waals surface area (Å²) in [4.78, 5) is 23.6. The van der Waals surface area contributed by atoms with Crippen molar-refractivity contribution in [1.82, 2.24) is 4.90 Å². The van der Waals surface area contributed by atoms with Gasteiger partial charge in [0.05, 0.1) is 4.92 Å². The quantitative estimate of drug-likeness (QED) is 0.502. The van der Waals surface area contributed by atoms with E-state index in [1.807, 2.05) is 0 Å². The Balaban J connectivity index is 1.98. The van der Waals surface area contributed by atoms with Gasteiger partial charge in [-0.2, -0.15) is 0 Å². The third-order valence-corrected chi connectivity index (χ3v) is 3.06. The number of nitro groups is 1. The highest BCUT2D eigenvalue weighted by molar-refractivity contribution is 5.92. The maximum absolute atomic E-state index is 11.8. The molecule has 19 heavy (non-hydrogen) atoms. The highest BCUT2D eigenvalue weighted by Crippen LogP contribution is 2.13. The smallest absolute Gasteiger partial charge is 0.269 e. The number of likely N-dealkylation sites (tertiary alicyclic amines) is 1. The number of nitrogens with two attached hydrogens (primary N) is 1. The first-order chi connectivity index (χ1) is 9.06. The number of hydrogen-bond donors (Lipinski definition) is 1. The molecular weight excluding hydrogens is 246 g/mol. The van der Waals surface area contributed by atoms with Gasteiger partial charge in [-0.05, 0) is 30.2 Å². The molecule has 0 radical (unpaired) electrons. The van der Waals surface area contributed by atoms with Crippen LogP contribution in [0.25, 0.3) is 6.08 Å². The van der Waals surface area contributed by atoms with Gasteiger partial charge in [0.25, 0.3) is 5.69 Å². The number of nitro benzene ring substituents is 1. The zero-order valence-corrected chi connectivity index (χ0v) is 10.4. The first-order valence-electron chi connectivity index (χ1n) is 6.03. The lowest BCUT2D eigenvalue weighted by atomic mass is 10.2. The van der Waals surface area contributed by atoms with Crippen LogP contribution in [0.15, 0.2) is 30.3 Å². The molecule has 0 aliphatic carbocycles. The number of carbonyl (C=O) groups is 1. The molecule has 100 valence electrons. The van der Waals surface area contributed by atoms with Crippen LogP contribution in [0.1, 0.15) is 12.0 Å². The van der Waals surface area contributed by atoms with E-state index in [1.54, 1.807) is 23.1 Å². The summed E-state index contributed by atoms with van der Waals surface area (Å²) < 4.78 is 0. The Morgan fingerprint density at radius 2 is 2.11 bits per heavy atom. The molecule has 1 aromatic carbocycles. The van der Waals surface area contributed by atoms with Gasteiger partial charge in [0.2, 0.25) is 5.91 Å². The topological polar surface area (TPSA) is 89.5 Å². The van der Waals surface area contributed by atoms with Crippen molar-refractivity contribution in [3.63, 3.8) is 0 Å². The van der Waals surface area contributed by atoms with Gasteiger partial charge in [-0.15, -0.1) is 0 Å². The van der Waals surface area contributed by atoms with Gasteiger partial charge in [0.15, 0.2) is 0 Å². The first kappa shape index (κ1) is 13.2. The van der Waals surface area contributed by atoms with Crippen LogP contribution >= 0.6 is 0 Å². The predicted octanol–water partition coefficient (Wildman–Crippen LogP) is 1.17. The average molecular weight is 261 g/mol. The Morgan fingerprint density at radius 1 is 1.42 bits per heavy atom. The van der Waals surface area contributed by atoms with Gasteiger partial charge in [0.1, 0.15) is 0 Å². The minimum Gasteiger partial charge on any atom is -0.338 e. The summed E-state index contributed by atoms with van der Waals surface area (Å²) in [6.45, 7) is 1.27. The maximum Gasteiger partial charge on any atom is 0.269 e. The molecule has 1 fully saturated rings. The second kappa shape index (κ2) is 5.62. The van der Waals surface area contributed by atoms with Gasteiger partial charge in [0, 0.05) is 37.3 Å². The largest absolute Gasteiger partial charge is 0.338 e. The van der Waals surface area contributed by atoms with Crippen molar-refractivity contribution in [2.75, 3.05) is 13.1 Å². The van der Waals surface area contributed by atoms with Crippen molar-refractivity contribution in [3.05, 3.63) is 46.0 Å². The average Bonchev–Trinajstić information content (AvgIpc) is 2.83. The Kier molecular flexibility index (Phi) is 3.91. The first-order valence-corrected chi connectivity index (χ1v) is 6.03. The van der Waals surface area contributed by atoms with Gasteiger partial charge in [-0.25, -0.2) is 0 Å². The van der Waals surface area contributed by atoms with Gasteiger partial charge in [-0.3, -0.25) is 14.9 Å². The fraction of sp³-hybridized carbons (Fsp3) is 0.308. The molecule has 6 nitrogen and oxygen atoms in total. The van der Waals surface area contributed by atoms with Crippen molar-refractivity contribution in [1.29, 1.82) is 0 Å². The van der Waals surface area contributed by atoms with E-state index in [9.17, 15) is 14.9 Å². The van der Waals surface area contributed by atoms with Crippen molar-refractivity contribution in [2.45, 2.75) is 12.5 Å². The summed E-state index contributed by atoms with van der Waals surface area (Å²) in [5.74, 6) is -0.0775. The summed E-state index contributed by atoms with van der Waals surface area (Å²) >= 11 is 0. The van der Waals surface area contributed by atoms with E-state index in [0.29, 0.717) is 13.1 Å². The molecule has 1 aromatic rings. The number of nitrogens with zero attached hydrogens (tertiary/aromatic N) is 2. The molecule has 0 saturated carbocycles. The predicted molar refractivity (Wildman–Crippen MR) is 71.3 cm³/mol. The number of non-ortho nitro benzene ring substituents is 1.